The molecule has 0 aliphatic carbocycles. The van der Waals surface area contributed by atoms with Crippen LogP contribution in [-0.4, -0.2) is 47.2 Å². The van der Waals surface area contributed by atoms with Crippen LogP contribution in [0.1, 0.15) is 22.1 Å². The SMILES string of the molecule is Cc1nc(C(=O)Nc2cc(C)on2)cc(N2CCN(c3ccccc3)CC2)n1. The van der Waals surface area contributed by atoms with Crippen molar-refractivity contribution in [2.75, 3.05) is 41.3 Å². The number of piperazine rings is 1. The van der Waals surface area contributed by atoms with E-state index in [0.717, 1.165) is 32.0 Å². The number of hydrogen-bond donors (Lipinski definition) is 1. The van der Waals surface area contributed by atoms with Crippen molar-refractivity contribution in [1.82, 2.24) is 15.1 Å². The van der Waals surface area contributed by atoms with Crippen molar-refractivity contribution >= 4 is 23.2 Å². The van der Waals surface area contributed by atoms with E-state index in [-0.39, 0.29) is 5.91 Å². The maximum atomic E-state index is 12.5. The van der Waals surface area contributed by atoms with Gasteiger partial charge in [-0.15, -0.1) is 0 Å². The van der Waals surface area contributed by atoms with Crippen molar-refractivity contribution in [3.05, 3.63) is 59.7 Å². The summed E-state index contributed by atoms with van der Waals surface area (Å²) < 4.78 is 4.98. The molecule has 0 unspecified atom stereocenters. The van der Waals surface area contributed by atoms with Crippen LogP contribution in [0, 0.1) is 13.8 Å². The first kappa shape index (κ1) is 18.0. The van der Waals surface area contributed by atoms with Crippen LogP contribution >= 0.6 is 0 Å². The summed E-state index contributed by atoms with van der Waals surface area (Å²) in [4.78, 5) is 25.9. The number of aromatic nitrogens is 3. The second kappa shape index (κ2) is 7.67. The predicted molar refractivity (Wildman–Crippen MR) is 107 cm³/mol. The number of aryl methyl sites for hydroxylation is 2. The number of nitrogens with zero attached hydrogens (tertiary/aromatic N) is 5. The highest BCUT2D eigenvalue weighted by Gasteiger charge is 2.20. The van der Waals surface area contributed by atoms with E-state index < -0.39 is 0 Å². The molecule has 2 aromatic heterocycles. The van der Waals surface area contributed by atoms with Crippen LogP contribution in [0.25, 0.3) is 0 Å². The van der Waals surface area contributed by atoms with Crippen molar-refractivity contribution < 1.29 is 9.32 Å². The average Bonchev–Trinajstić information content (AvgIpc) is 3.13. The molecule has 0 saturated carbocycles. The standard InChI is InChI=1S/C20H22N6O2/c1-14-12-18(24-28-14)23-20(27)17-13-19(22-15(2)21-17)26-10-8-25(9-11-26)16-6-4-3-5-7-16/h3-7,12-13H,8-11H2,1-2H3,(H,23,24,27). The van der Waals surface area contributed by atoms with Crippen LogP contribution in [0.5, 0.6) is 0 Å². The topological polar surface area (TPSA) is 87.4 Å². The zero-order valence-electron chi connectivity index (χ0n) is 15.9. The second-order valence-corrected chi connectivity index (χ2v) is 6.75. The Bertz CT molecular complexity index is 964. The summed E-state index contributed by atoms with van der Waals surface area (Å²) in [6.07, 6.45) is 0. The van der Waals surface area contributed by atoms with Gasteiger partial charge in [-0.2, -0.15) is 0 Å². The lowest BCUT2D eigenvalue weighted by atomic mass is 10.2. The minimum atomic E-state index is -0.331. The van der Waals surface area contributed by atoms with Gasteiger partial charge in [-0.25, -0.2) is 9.97 Å². The molecule has 4 rings (SSSR count). The molecule has 0 atom stereocenters. The van der Waals surface area contributed by atoms with Gasteiger partial charge < -0.3 is 19.6 Å². The van der Waals surface area contributed by atoms with E-state index in [1.807, 2.05) is 6.07 Å². The first-order valence-electron chi connectivity index (χ1n) is 9.24. The van der Waals surface area contributed by atoms with Gasteiger partial charge >= 0.3 is 0 Å². The number of anilines is 3. The number of amides is 1. The lowest BCUT2D eigenvalue weighted by Crippen LogP contribution is -2.47. The molecule has 3 aromatic rings. The fraction of sp³-hybridized carbons (Fsp3) is 0.300. The Morgan fingerprint density at radius 1 is 1.00 bits per heavy atom. The van der Waals surface area contributed by atoms with Gasteiger partial charge in [0.05, 0.1) is 0 Å². The number of carbonyl (C=O) groups is 1. The van der Waals surface area contributed by atoms with Crippen LogP contribution < -0.4 is 15.1 Å². The van der Waals surface area contributed by atoms with Gasteiger partial charge in [0.2, 0.25) is 0 Å². The molecule has 144 valence electrons. The molecular formula is C20H22N6O2. The van der Waals surface area contributed by atoms with Gasteiger partial charge in [-0.1, -0.05) is 23.4 Å². The molecule has 1 N–H and O–H groups in total. The highest BCUT2D eigenvalue weighted by molar-refractivity contribution is 6.02. The summed E-state index contributed by atoms with van der Waals surface area (Å²) in [5, 5.41) is 6.49. The number of nitrogens with one attached hydrogen (secondary N) is 1. The number of rotatable bonds is 4. The molecule has 1 saturated heterocycles. The fourth-order valence-corrected chi connectivity index (χ4v) is 3.27. The van der Waals surface area contributed by atoms with Crippen LogP contribution in [-0.2, 0) is 0 Å². The summed E-state index contributed by atoms with van der Waals surface area (Å²) in [6.45, 7) is 7.01. The van der Waals surface area contributed by atoms with Crippen LogP contribution in [0.15, 0.2) is 47.0 Å². The number of carbonyl (C=O) groups excluding carboxylic acids is 1. The highest BCUT2D eigenvalue weighted by atomic mass is 16.5. The predicted octanol–water partition coefficient (Wildman–Crippen LogP) is 2.66. The van der Waals surface area contributed by atoms with E-state index in [1.54, 1.807) is 26.0 Å². The quantitative estimate of drug-likeness (QED) is 0.747. The van der Waals surface area contributed by atoms with Gasteiger partial charge in [-0.3, -0.25) is 4.79 Å². The van der Waals surface area contributed by atoms with E-state index >= 15 is 0 Å². The lowest BCUT2D eigenvalue weighted by molar-refractivity contribution is 0.102. The molecule has 0 radical (unpaired) electrons. The number of hydrogen-bond acceptors (Lipinski definition) is 7. The minimum absolute atomic E-state index is 0.314. The fourth-order valence-electron chi connectivity index (χ4n) is 3.27. The molecule has 1 aromatic carbocycles. The van der Waals surface area contributed by atoms with Crippen molar-refractivity contribution in [1.29, 1.82) is 0 Å². The van der Waals surface area contributed by atoms with Gasteiger partial charge in [0, 0.05) is 44.0 Å². The summed E-state index contributed by atoms with van der Waals surface area (Å²) in [7, 11) is 0. The number of para-hydroxylation sites is 1. The van der Waals surface area contributed by atoms with Gasteiger partial charge in [0.25, 0.3) is 5.91 Å². The third-order valence-corrected chi connectivity index (χ3v) is 4.65. The third kappa shape index (κ3) is 3.95. The molecular weight excluding hydrogens is 356 g/mol. The van der Waals surface area contributed by atoms with E-state index in [2.05, 4.69) is 54.5 Å². The summed E-state index contributed by atoms with van der Waals surface area (Å²) in [5.41, 5.74) is 1.54. The van der Waals surface area contributed by atoms with Crippen molar-refractivity contribution in [3.63, 3.8) is 0 Å². The Morgan fingerprint density at radius 2 is 1.71 bits per heavy atom. The monoisotopic (exact) mass is 378 g/mol. The molecule has 0 spiro atoms. The number of benzene rings is 1. The largest absolute Gasteiger partial charge is 0.368 e. The van der Waals surface area contributed by atoms with Gasteiger partial charge in [0.1, 0.15) is 23.1 Å². The van der Waals surface area contributed by atoms with E-state index in [1.165, 1.54) is 5.69 Å². The van der Waals surface area contributed by atoms with Gasteiger partial charge in [0.15, 0.2) is 5.82 Å². The average molecular weight is 378 g/mol. The first-order valence-corrected chi connectivity index (χ1v) is 9.24. The van der Waals surface area contributed by atoms with Crippen molar-refractivity contribution in [2.45, 2.75) is 13.8 Å². The molecule has 0 bridgehead atoms. The molecule has 1 aliphatic heterocycles. The molecule has 8 nitrogen and oxygen atoms in total. The Labute approximate surface area is 163 Å². The Morgan fingerprint density at radius 3 is 2.39 bits per heavy atom. The Kier molecular flexibility index (Phi) is 4.92. The molecule has 8 heteroatoms. The Hall–Kier alpha value is -3.42. The van der Waals surface area contributed by atoms with E-state index in [4.69, 9.17) is 4.52 Å². The molecule has 3 heterocycles. The zero-order chi connectivity index (χ0) is 19.5. The smallest absolute Gasteiger partial charge is 0.275 e. The minimum Gasteiger partial charge on any atom is -0.368 e. The second-order valence-electron chi connectivity index (χ2n) is 6.75. The van der Waals surface area contributed by atoms with E-state index in [0.29, 0.717) is 23.1 Å². The summed E-state index contributed by atoms with van der Waals surface area (Å²) in [6, 6.07) is 13.8. The molecule has 1 fully saturated rings. The van der Waals surface area contributed by atoms with E-state index in [9.17, 15) is 4.79 Å². The molecule has 1 aliphatic rings. The molecule has 28 heavy (non-hydrogen) atoms. The van der Waals surface area contributed by atoms with Crippen molar-refractivity contribution in [2.24, 2.45) is 0 Å². The molecule has 1 amide bonds. The maximum absolute atomic E-state index is 12.5. The first-order chi connectivity index (χ1) is 13.6. The lowest BCUT2D eigenvalue weighted by Gasteiger charge is -2.36. The third-order valence-electron chi connectivity index (χ3n) is 4.65. The summed E-state index contributed by atoms with van der Waals surface area (Å²) in [5.74, 6) is 2.00. The zero-order valence-corrected chi connectivity index (χ0v) is 15.9. The Balaban J connectivity index is 1.46. The normalized spacial score (nSPS) is 14.2. The van der Waals surface area contributed by atoms with Crippen LogP contribution in [0.3, 0.4) is 0 Å². The van der Waals surface area contributed by atoms with Crippen LogP contribution in [0.2, 0.25) is 0 Å². The maximum Gasteiger partial charge on any atom is 0.275 e. The highest BCUT2D eigenvalue weighted by Crippen LogP contribution is 2.20. The van der Waals surface area contributed by atoms with Crippen LogP contribution in [0.4, 0.5) is 17.3 Å². The van der Waals surface area contributed by atoms with Crippen molar-refractivity contribution in [3.8, 4) is 0 Å². The van der Waals surface area contributed by atoms with Gasteiger partial charge in [-0.05, 0) is 26.0 Å². The summed E-state index contributed by atoms with van der Waals surface area (Å²) >= 11 is 0.